The molecule has 0 atom stereocenters. The molecular weight excluding hydrogens is 604 g/mol. The van der Waals surface area contributed by atoms with Gasteiger partial charge in [-0.25, -0.2) is 0 Å². The van der Waals surface area contributed by atoms with Crippen molar-refractivity contribution in [3.05, 3.63) is 107 Å². The van der Waals surface area contributed by atoms with Crippen molar-refractivity contribution in [2.24, 2.45) is 0 Å². The Kier molecular flexibility index (Phi) is 12.2. The van der Waals surface area contributed by atoms with Crippen molar-refractivity contribution < 1.29 is 28.6 Å². The summed E-state index contributed by atoms with van der Waals surface area (Å²) < 4.78 is 16.6. The van der Waals surface area contributed by atoms with Crippen LogP contribution in [0.3, 0.4) is 0 Å². The largest absolute Gasteiger partial charge is 0.496 e. The average Bonchev–Trinajstić information content (AvgIpc) is 3.06. The Balaban J connectivity index is 1.45. The molecule has 4 aromatic carbocycles. The topological polar surface area (TPSA) is 94.2 Å². The Labute approximate surface area is 275 Å². The summed E-state index contributed by atoms with van der Waals surface area (Å²) >= 11 is 6.26. The molecule has 4 aromatic rings. The number of ether oxygens (including phenoxy) is 3. The highest BCUT2D eigenvalue weighted by atomic mass is 35.5. The van der Waals surface area contributed by atoms with Gasteiger partial charge in [0.05, 0.1) is 31.6 Å². The quantitative estimate of drug-likeness (QED) is 0.110. The number of esters is 1. The summed E-state index contributed by atoms with van der Waals surface area (Å²) in [4.78, 5) is 40.1. The maximum Gasteiger partial charge on any atom is 0.305 e. The molecule has 0 spiro atoms. The molecule has 9 heteroatoms. The summed E-state index contributed by atoms with van der Waals surface area (Å²) in [5.41, 5.74) is 4.75. The van der Waals surface area contributed by atoms with Gasteiger partial charge in [-0.2, -0.15) is 0 Å². The molecule has 8 nitrogen and oxygen atoms in total. The van der Waals surface area contributed by atoms with E-state index in [0.717, 1.165) is 29.5 Å². The van der Waals surface area contributed by atoms with Gasteiger partial charge in [0.1, 0.15) is 11.5 Å². The fourth-order valence-electron chi connectivity index (χ4n) is 4.94. The molecule has 46 heavy (non-hydrogen) atoms. The molecule has 0 saturated carbocycles. The van der Waals surface area contributed by atoms with Crippen LogP contribution in [0.15, 0.2) is 84.9 Å². The Morgan fingerprint density at radius 3 is 2.35 bits per heavy atom. The number of carbonyl (C=O) groups is 3. The first-order valence-corrected chi connectivity index (χ1v) is 15.6. The number of nitrogens with zero attached hydrogens (tertiary/aromatic N) is 1. The van der Waals surface area contributed by atoms with Crippen LogP contribution in [-0.2, 0) is 9.53 Å². The highest BCUT2D eigenvalue weighted by Crippen LogP contribution is 2.34. The fraction of sp³-hybridized carbons (Fsp3) is 0.270. The molecule has 0 unspecified atom stereocenters. The van der Waals surface area contributed by atoms with Gasteiger partial charge in [0.2, 0.25) is 0 Å². The number of benzene rings is 4. The molecule has 2 amide bonds. The monoisotopic (exact) mass is 642 g/mol. The maximum absolute atomic E-state index is 13.7. The Morgan fingerprint density at radius 1 is 0.848 bits per heavy atom. The highest BCUT2D eigenvalue weighted by Gasteiger charge is 2.22. The molecule has 240 valence electrons. The summed E-state index contributed by atoms with van der Waals surface area (Å²) in [5, 5.41) is 3.42. The molecule has 0 radical (unpaired) electrons. The number of hydrogen-bond acceptors (Lipinski definition) is 6. The van der Waals surface area contributed by atoms with Gasteiger partial charge >= 0.3 is 5.97 Å². The molecule has 0 fully saturated rings. The van der Waals surface area contributed by atoms with Gasteiger partial charge in [-0.1, -0.05) is 59.6 Å². The van der Waals surface area contributed by atoms with Gasteiger partial charge < -0.3 is 24.4 Å². The Morgan fingerprint density at radius 2 is 1.61 bits per heavy atom. The van der Waals surface area contributed by atoms with Crippen LogP contribution < -0.4 is 19.7 Å². The number of anilines is 2. The molecular formula is C37H39ClN2O6. The number of amides is 2. The van der Waals surface area contributed by atoms with Gasteiger partial charge in [-0.15, -0.1) is 0 Å². The highest BCUT2D eigenvalue weighted by molar-refractivity contribution is 6.31. The molecule has 1 N–H and O–H groups in total. The van der Waals surface area contributed by atoms with Crippen LogP contribution in [0.4, 0.5) is 11.4 Å². The first-order valence-electron chi connectivity index (χ1n) is 15.2. The second kappa shape index (κ2) is 16.5. The number of unbranched alkanes of at least 4 members (excludes halogenated alkanes) is 2. The van der Waals surface area contributed by atoms with Crippen molar-refractivity contribution in [3.63, 3.8) is 0 Å². The van der Waals surface area contributed by atoms with Gasteiger partial charge in [0.15, 0.2) is 0 Å². The summed E-state index contributed by atoms with van der Waals surface area (Å²) in [6.07, 6.45) is 2.59. The van der Waals surface area contributed by atoms with Crippen molar-refractivity contribution in [2.75, 3.05) is 37.6 Å². The average molecular weight is 643 g/mol. The van der Waals surface area contributed by atoms with E-state index in [1.54, 1.807) is 56.4 Å². The molecule has 0 aliphatic rings. The van der Waals surface area contributed by atoms with Crippen molar-refractivity contribution >= 4 is 40.8 Å². The second-order valence-electron chi connectivity index (χ2n) is 10.7. The van der Waals surface area contributed by atoms with Crippen molar-refractivity contribution in [2.45, 2.75) is 39.5 Å². The number of carbonyl (C=O) groups excluding carboxylic acids is 3. The minimum Gasteiger partial charge on any atom is -0.496 e. The number of aryl methyl sites for hydroxylation is 1. The third kappa shape index (κ3) is 8.88. The van der Waals surface area contributed by atoms with E-state index in [2.05, 4.69) is 5.32 Å². The summed E-state index contributed by atoms with van der Waals surface area (Å²) in [6, 6.07) is 25.4. The first kappa shape index (κ1) is 34.1. The summed E-state index contributed by atoms with van der Waals surface area (Å²) in [5.74, 6) is -0.0439. The third-order valence-corrected chi connectivity index (χ3v) is 7.64. The van der Waals surface area contributed by atoms with E-state index in [4.69, 9.17) is 25.8 Å². The van der Waals surface area contributed by atoms with Crippen molar-refractivity contribution in [1.82, 2.24) is 0 Å². The van der Waals surface area contributed by atoms with E-state index in [9.17, 15) is 14.4 Å². The third-order valence-electron chi connectivity index (χ3n) is 7.40. The first-order chi connectivity index (χ1) is 22.2. The lowest BCUT2D eigenvalue weighted by Gasteiger charge is -2.22. The van der Waals surface area contributed by atoms with Gasteiger partial charge in [-0.05, 0) is 74.6 Å². The standard InChI is InChI=1S/C37H39ClN2O6/c1-5-45-35(41)13-7-6-10-22-46-34-23-27(38)18-21-32(34)40(3)37(43)31-20-19-28(24-33(31)44-4)39-36(42)30-12-9-8-11-29(30)26-16-14-25(2)15-17-26/h8-9,11-12,14-21,23-24H,5-7,10,13,22H2,1-4H3,(H,39,42). The maximum atomic E-state index is 13.7. The lowest BCUT2D eigenvalue weighted by Crippen LogP contribution is -2.27. The number of halogens is 1. The normalized spacial score (nSPS) is 10.6. The van der Waals surface area contributed by atoms with Gasteiger partial charge in [0.25, 0.3) is 11.8 Å². The molecule has 0 heterocycles. The van der Waals surface area contributed by atoms with E-state index in [1.165, 1.54) is 12.0 Å². The van der Waals surface area contributed by atoms with Crippen LogP contribution in [0.2, 0.25) is 5.02 Å². The number of rotatable bonds is 14. The minimum absolute atomic E-state index is 0.199. The van der Waals surface area contributed by atoms with E-state index < -0.39 is 0 Å². The van der Waals surface area contributed by atoms with Gasteiger partial charge in [0, 0.05) is 41.9 Å². The zero-order valence-electron chi connectivity index (χ0n) is 26.6. The molecule has 0 saturated heterocycles. The Hall–Kier alpha value is -4.82. The molecule has 0 aromatic heterocycles. The van der Waals surface area contributed by atoms with Crippen LogP contribution in [0.25, 0.3) is 11.1 Å². The van der Waals surface area contributed by atoms with Gasteiger partial charge in [-0.3, -0.25) is 14.4 Å². The van der Waals surface area contributed by atoms with Crippen LogP contribution >= 0.6 is 11.6 Å². The summed E-state index contributed by atoms with van der Waals surface area (Å²) in [7, 11) is 3.12. The molecule has 4 rings (SSSR count). The lowest BCUT2D eigenvalue weighted by atomic mass is 9.98. The van der Waals surface area contributed by atoms with E-state index in [-0.39, 0.29) is 17.8 Å². The van der Waals surface area contributed by atoms with Crippen LogP contribution in [0.5, 0.6) is 11.5 Å². The predicted molar refractivity (Wildman–Crippen MR) is 182 cm³/mol. The molecule has 0 aliphatic heterocycles. The zero-order valence-corrected chi connectivity index (χ0v) is 27.4. The van der Waals surface area contributed by atoms with Crippen LogP contribution in [0.1, 0.15) is 58.9 Å². The predicted octanol–water partition coefficient (Wildman–Crippen LogP) is 8.36. The number of methoxy groups -OCH3 is 1. The van der Waals surface area contributed by atoms with Crippen LogP contribution in [0, 0.1) is 6.92 Å². The fourth-order valence-corrected chi connectivity index (χ4v) is 5.11. The lowest BCUT2D eigenvalue weighted by molar-refractivity contribution is -0.143. The minimum atomic E-state index is -0.332. The van der Waals surface area contributed by atoms with E-state index in [0.29, 0.717) is 65.1 Å². The van der Waals surface area contributed by atoms with E-state index >= 15 is 0 Å². The summed E-state index contributed by atoms with van der Waals surface area (Å²) in [6.45, 7) is 4.57. The van der Waals surface area contributed by atoms with Crippen molar-refractivity contribution in [3.8, 4) is 22.6 Å². The van der Waals surface area contributed by atoms with E-state index in [1.807, 2.05) is 49.4 Å². The molecule has 0 aliphatic carbocycles. The van der Waals surface area contributed by atoms with Crippen LogP contribution in [-0.4, -0.2) is 45.2 Å². The smallest absolute Gasteiger partial charge is 0.305 e. The second-order valence-corrected chi connectivity index (χ2v) is 11.2. The SMILES string of the molecule is CCOC(=O)CCCCCOc1cc(Cl)ccc1N(C)C(=O)c1ccc(NC(=O)c2ccccc2-c2ccc(C)cc2)cc1OC. The molecule has 0 bridgehead atoms. The van der Waals surface area contributed by atoms with Crippen molar-refractivity contribution in [1.29, 1.82) is 0 Å². The zero-order chi connectivity index (χ0) is 33.1. The Bertz CT molecular complexity index is 1670. The number of hydrogen-bond donors (Lipinski definition) is 1. The number of nitrogens with one attached hydrogen (secondary N) is 1.